The second-order valence-electron chi connectivity index (χ2n) is 6.91. The highest BCUT2D eigenvalue weighted by Crippen LogP contribution is 2.35. The summed E-state index contributed by atoms with van der Waals surface area (Å²) in [6.45, 7) is 7.27. The van der Waals surface area contributed by atoms with Crippen LogP contribution in [-0.4, -0.2) is 34.5 Å². The number of nitriles is 1. The molecule has 33 heavy (non-hydrogen) atoms. The van der Waals surface area contributed by atoms with E-state index in [1.165, 1.54) is 6.07 Å². The van der Waals surface area contributed by atoms with E-state index in [1.54, 1.807) is 25.1 Å². The summed E-state index contributed by atoms with van der Waals surface area (Å²) in [4.78, 5) is 35.2. The molecule has 0 saturated carbocycles. The Morgan fingerprint density at radius 1 is 1.30 bits per heavy atom. The lowest BCUT2D eigenvalue weighted by molar-refractivity contribution is -0.114. The van der Waals surface area contributed by atoms with Gasteiger partial charge in [0.2, 0.25) is 11.6 Å². The number of alkyl carbamates (subject to hydrolysis) is 1. The summed E-state index contributed by atoms with van der Waals surface area (Å²) in [5, 5.41) is 21.3. The maximum Gasteiger partial charge on any atom is 0.414 e. The molecule has 1 aromatic carbocycles. The molecule has 1 heterocycles. The number of halogens is 1. The number of amides is 2. The zero-order valence-corrected chi connectivity index (χ0v) is 19.2. The van der Waals surface area contributed by atoms with Crippen LogP contribution in [0.4, 0.5) is 10.5 Å². The highest BCUT2D eigenvalue weighted by atomic mass is 35.5. The molecule has 11 nitrogen and oxygen atoms in total. The van der Waals surface area contributed by atoms with E-state index in [1.807, 2.05) is 26.1 Å². The number of aromatic amines is 1. The van der Waals surface area contributed by atoms with Crippen molar-refractivity contribution in [3.8, 4) is 17.7 Å². The van der Waals surface area contributed by atoms with Gasteiger partial charge in [0.1, 0.15) is 6.07 Å². The molecule has 0 saturated heterocycles. The molecule has 174 valence electrons. The fraction of sp³-hybridized carbons (Fsp3) is 0.333. The Bertz CT molecular complexity index is 1170. The quantitative estimate of drug-likeness (QED) is 0.387. The number of rotatable bonds is 8. The average Bonchev–Trinajstić information content (AvgIpc) is 2.76. The van der Waals surface area contributed by atoms with Gasteiger partial charge >= 0.3 is 6.09 Å². The highest BCUT2D eigenvalue weighted by Gasteiger charge is 2.17. The molecular formula is C21H23ClN6O5. The van der Waals surface area contributed by atoms with Crippen molar-refractivity contribution in [2.24, 2.45) is 5.10 Å². The molecule has 0 aliphatic carbocycles. The first-order valence-electron chi connectivity index (χ1n) is 10.0. The van der Waals surface area contributed by atoms with Gasteiger partial charge in [-0.1, -0.05) is 32.4 Å². The number of hydrogen-bond donors (Lipinski definition) is 3. The number of carbonyl (C=O) groups is 2. The van der Waals surface area contributed by atoms with E-state index in [0.29, 0.717) is 29.0 Å². The molecular weight excluding hydrogens is 452 g/mol. The van der Waals surface area contributed by atoms with Gasteiger partial charge in [0, 0.05) is 11.6 Å². The van der Waals surface area contributed by atoms with E-state index in [9.17, 15) is 14.4 Å². The Kier molecular flexibility index (Phi) is 8.94. The van der Waals surface area contributed by atoms with Crippen LogP contribution in [0.2, 0.25) is 5.02 Å². The van der Waals surface area contributed by atoms with Gasteiger partial charge in [0.05, 0.1) is 17.3 Å². The predicted molar refractivity (Wildman–Crippen MR) is 122 cm³/mol. The van der Waals surface area contributed by atoms with Gasteiger partial charge < -0.3 is 9.47 Å². The maximum atomic E-state index is 11.9. The number of aromatic nitrogens is 2. The van der Waals surface area contributed by atoms with E-state index >= 15 is 0 Å². The minimum Gasteiger partial charge on any atom is -0.450 e. The zero-order valence-electron chi connectivity index (χ0n) is 18.5. The normalized spacial score (nSPS) is 11.0. The Balaban J connectivity index is 2.27. The second kappa shape index (κ2) is 11.6. The molecule has 2 aromatic rings. The summed E-state index contributed by atoms with van der Waals surface area (Å²) in [7, 11) is 0. The van der Waals surface area contributed by atoms with Gasteiger partial charge in [-0.2, -0.15) is 10.4 Å². The summed E-state index contributed by atoms with van der Waals surface area (Å²) in [6, 6.07) is 6.29. The number of hydrazone groups is 1. The van der Waals surface area contributed by atoms with Gasteiger partial charge in [-0.05, 0) is 37.0 Å². The fourth-order valence-electron chi connectivity index (χ4n) is 2.64. The van der Waals surface area contributed by atoms with E-state index in [-0.39, 0.29) is 29.0 Å². The van der Waals surface area contributed by atoms with Gasteiger partial charge in [-0.3, -0.25) is 20.3 Å². The molecule has 0 bridgehead atoms. The summed E-state index contributed by atoms with van der Waals surface area (Å²) < 4.78 is 10.4. The van der Waals surface area contributed by atoms with Gasteiger partial charge in [-0.15, -0.1) is 5.10 Å². The van der Waals surface area contributed by atoms with Crippen LogP contribution in [0.25, 0.3) is 0 Å². The Morgan fingerprint density at radius 3 is 2.64 bits per heavy atom. The first kappa shape index (κ1) is 25.4. The van der Waals surface area contributed by atoms with E-state index in [2.05, 4.69) is 25.5 Å². The molecule has 0 aliphatic rings. The van der Waals surface area contributed by atoms with Crippen LogP contribution in [0, 0.1) is 11.3 Å². The minimum absolute atomic E-state index is 0.0278. The number of carbonyl (C=O) groups excluding carboxylic acids is 2. The summed E-state index contributed by atoms with van der Waals surface area (Å²) in [5.41, 5.74) is 3.26. The molecule has 0 spiro atoms. The van der Waals surface area contributed by atoms with Crippen molar-refractivity contribution in [1.29, 1.82) is 5.26 Å². The molecule has 0 aliphatic heterocycles. The second-order valence-corrected chi connectivity index (χ2v) is 7.31. The molecule has 0 atom stereocenters. The van der Waals surface area contributed by atoms with Crippen LogP contribution in [0.5, 0.6) is 11.6 Å². The average molecular weight is 475 g/mol. The molecule has 2 amide bonds. The highest BCUT2D eigenvalue weighted by molar-refractivity contribution is 6.46. The van der Waals surface area contributed by atoms with E-state index in [4.69, 9.17) is 21.6 Å². The molecule has 0 radical (unpaired) electrons. The zero-order chi connectivity index (χ0) is 24.5. The van der Waals surface area contributed by atoms with Crippen LogP contribution in [0.1, 0.15) is 44.7 Å². The van der Waals surface area contributed by atoms with Crippen molar-refractivity contribution in [3.05, 3.63) is 44.7 Å². The van der Waals surface area contributed by atoms with Gasteiger partial charge in [-0.25, -0.2) is 9.89 Å². The molecule has 3 N–H and O–H groups in total. The number of anilines is 1. The largest absolute Gasteiger partial charge is 0.450 e. The Labute approximate surface area is 194 Å². The number of imide groups is 1. The number of hydrogen-bond acceptors (Lipinski definition) is 9. The number of H-pyrrole nitrogens is 1. The van der Waals surface area contributed by atoms with E-state index < -0.39 is 17.7 Å². The van der Waals surface area contributed by atoms with Gasteiger partial charge in [0.25, 0.3) is 11.5 Å². The third-order valence-corrected chi connectivity index (χ3v) is 4.53. The van der Waals surface area contributed by atoms with Crippen LogP contribution in [0.15, 0.2) is 28.1 Å². The van der Waals surface area contributed by atoms with Crippen LogP contribution < -0.4 is 21.0 Å². The number of nitrogens with one attached hydrogen (secondary N) is 3. The third kappa shape index (κ3) is 6.78. The van der Waals surface area contributed by atoms with Crippen molar-refractivity contribution in [2.45, 2.75) is 40.0 Å². The third-order valence-electron chi connectivity index (χ3n) is 4.25. The van der Waals surface area contributed by atoms with Crippen molar-refractivity contribution in [3.63, 3.8) is 0 Å². The molecule has 2 rings (SSSR count). The topological polar surface area (TPSA) is 159 Å². The molecule has 0 fully saturated rings. The van der Waals surface area contributed by atoms with Crippen molar-refractivity contribution in [2.75, 3.05) is 12.0 Å². The lowest BCUT2D eigenvalue weighted by Crippen LogP contribution is -2.36. The van der Waals surface area contributed by atoms with Crippen molar-refractivity contribution < 1.29 is 19.1 Å². The van der Waals surface area contributed by atoms with Crippen LogP contribution in [0.3, 0.4) is 0 Å². The van der Waals surface area contributed by atoms with E-state index in [0.717, 1.165) is 0 Å². The number of ether oxygens (including phenoxy) is 2. The number of aryl methyl sites for hydroxylation is 1. The summed E-state index contributed by atoms with van der Waals surface area (Å²) in [5.74, 6) is -0.533. The van der Waals surface area contributed by atoms with Crippen LogP contribution >= 0.6 is 11.6 Å². The molecule has 0 unspecified atom stereocenters. The lowest BCUT2D eigenvalue weighted by atomic mass is 10.1. The Hall–Kier alpha value is -3.91. The number of nitrogens with zero attached hydrogens (tertiary/aromatic N) is 3. The Morgan fingerprint density at radius 2 is 2.03 bits per heavy atom. The lowest BCUT2D eigenvalue weighted by Gasteiger charge is -2.14. The van der Waals surface area contributed by atoms with Gasteiger partial charge in [0.15, 0.2) is 5.75 Å². The first-order valence-corrected chi connectivity index (χ1v) is 10.4. The summed E-state index contributed by atoms with van der Waals surface area (Å²) >= 11 is 6.39. The van der Waals surface area contributed by atoms with Crippen LogP contribution in [-0.2, 0) is 16.0 Å². The van der Waals surface area contributed by atoms with Crippen molar-refractivity contribution >= 4 is 35.0 Å². The number of benzene rings is 1. The minimum atomic E-state index is -1.02. The summed E-state index contributed by atoms with van der Waals surface area (Å²) in [6.07, 6.45) is -0.469. The SMILES string of the molecule is CCOC(=O)NC(=O)/C(C#N)=N\Nc1cc(Cl)c(Oc2cc(C(C)C)c(=O)[nH]n2)c(CC)c1. The molecule has 1 aromatic heterocycles. The predicted octanol–water partition coefficient (Wildman–Crippen LogP) is 3.47. The standard InChI is InChI=1S/C21H23ClN6O5/c1-5-12-7-13(25-26-16(10-23)20(30)24-21(31)32-6-2)8-15(22)18(12)33-17-9-14(11(3)4)19(29)28-27-17/h7-9,11,25H,5-6H2,1-4H3,(H,28,29)(H,24,30,31)/b26-16-. The smallest absolute Gasteiger partial charge is 0.414 e. The monoisotopic (exact) mass is 474 g/mol. The fourth-order valence-corrected chi connectivity index (χ4v) is 2.92. The molecule has 12 heteroatoms. The van der Waals surface area contributed by atoms with Crippen molar-refractivity contribution in [1.82, 2.24) is 15.5 Å². The first-order chi connectivity index (χ1) is 15.7. The maximum absolute atomic E-state index is 11.9.